The van der Waals surface area contributed by atoms with E-state index in [9.17, 15) is 5.11 Å². The summed E-state index contributed by atoms with van der Waals surface area (Å²) in [7, 11) is 4.52. The van der Waals surface area contributed by atoms with E-state index < -0.39 is 6.10 Å². The minimum atomic E-state index is -1.02. The fourth-order valence-electron chi connectivity index (χ4n) is 2.28. The van der Waals surface area contributed by atoms with Crippen molar-refractivity contribution in [1.29, 1.82) is 0 Å². The highest BCUT2D eigenvalue weighted by Crippen LogP contribution is 2.43. The molecule has 2 rings (SSSR count). The van der Waals surface area contributed by atoms with Gasteiger partial charge in [0.05, 0.1) is 27.5 Å². The quantitative estimate of drug-likeness (QED) is 0.740. The first kappa shape index (κ1) is 17.0. The SMILES string of the molecule is COc1ccc(C(O)c2cn(CCCO)nn2)c(OC)c1OC. The summed E-state index contributed by atoms with van der Waals surface area (Å²) in [5.41, 5.74) is 0.882. The Balaban J connectivity index is 2.35. The summed E-state index contributed by atoms with van der Waals surface area (Å²) in [5.74, 6) is 1.29. The molecule has 8 nitrogen and oxygen atoms in total. The van der Waals surface area contributed by atoms with Crippen LogP contribution in [0.1, 0.15) is 23.8 Å². The number of aliphatic hydroxyl groups is 2. The van der Waals surface area contributed by atoms with E-state index in [0.29, 0.717) is 41.5 Å². The zero-order chi connectivity index (χ0) is 16.8. The zero-order valence-electron chi connectivity index (χ0n) is 13.4. The lowest BCUT2D eigenvalue weighted by Gasteiger charge is -2.17. The Morgan fingerprint density at radius 2 is 1.87 bits per heavy atom. The maximum atomic E-state index is 10.6. The van der Waals surface area contributed by atoms with E-state index in [-0.39, 0.29) is 6.61 Å². The number of aliphatic hydroxyl groups excluding tert-OH is 2. The number of hydrogen-bond acceptors (Lipinski definition) is 7. The second-order valence-corrected chi connectivity index (χ2v) is 4.81. The van der Waals surface area contributed by atoms with Crippen LogP contribution in [0.25, 0.3) is 0 Å². The average molecular weight is 323 g/mol. The fourth-order valence-corrected chi connectivity index (χ4v) is 2.28. The van der Waals surface area contributed by atoms with E-state index in [1.165, 1.54) is 21.3 Å². The largest absolute Gasteiger partial charge is 0.493 e. The number of aryl methyl sites for hydroxylation is 1. The molecular formula is C15H21N3O5. The number of nitrogens with zero attached hydrogens (tertiary/aromatic N) is 3. The number of benzene rings is 1. The van der Waals surface area contributed by atoms with E-state index in [1.807, 2.05) is 0 Å². The summed E-state index contributed by atoms with van der Waals surface area (Å²) in [4.78, 5) is 0. The van der Waals surface area contributed by atoms with Gasteiger partial charge in [-0.05, 0) is 18.6 Å². The molecule has 2 N–H and O–H groups in total. The first-order valence-corrected chi connectivity index (χ1v) is 7.14. The van der Waals surface area contributed by atoms with Crippen LogP contribution in [-0.2, 0) is 6.54 Å². The third-order valence-corrected chi connectivity index (χ3v) is 3.41. The molecule has 0 aliphatic carbocycles. The molecule has 0 spiro atoms. The van der Waals surface area contributed by atoms with Crippen LogP contribution in [0.5, 0.6) is 17.2 Å². The number of aromatic nitrogens is 3. The third kappa shape index (κ3) is 3.54. The molecule has 0 amide bonds. The van der Waals surface area contributed by atoms with Crippen LogP contribution >= 0.6 is 0 Å². The summed E-state index contributed by atoms with van der Waals surface area (Å²) in [6.45, 7) is 0.598. The number of ether oxygens (including phenoxy) is 3. The monoisotopic (exact) mass is 323 g/mol. The molecule has 1 aromatic heterocycles. The van der Waals surface area contributed by atoms with Crippen LogP contribution in [-0.4, -0.2) is 53.1 Å². The highest BCUT2D eigenvalue weighted by molar-refractivity contribution is 5.57. The maximum Gasteiger partial charge on any atom is 0.203 e. The smallest absolute Gasteiger partial charge is 0.203 e. The molecule has 0 aliphatic rings. The highest BCUT2D eigenvalue weighted by Gasteiger charge is 2.24. The number of hydrogen-bond donors (Lipinski definition) is 2. The van der Waals surface area contributed by atoms with Gasteiger partial charge in [0, 0.05) is 18.7 Å². The lowest BCUT2D eigenvalue weighted by molar-refractivity contribution is 0.207. The normalized spacial score (nSPS) is 12.0. The van der Waals surface area contributed by atoms with Crippen molar-refractivity contribution in [2.45, 2.75) is 19.1 Å². The molecule has 0 bridgehead atoms. The van der Waals surface area contributed by atoms with E-state index in [4.69, 9.17) is 19.3 Å². The Morgan fingerprint density at radius 1 is 1.13 bits per heavy atom. The minimum absolute atomic E-state index is 0.0707. The summed E-state index contributed by atoms with van der Waals surface area (Å²) >= 11 is 0. The number of rotatable bonds is 8. The predicted molar refractivity (Wildman–Crippen MR) is 81.9 cm³/mol. The fraction of sp³-hybridized carbons (Fsp3) is 0.467. The molecule has 0 radical (unpaired) electrons. The van der Waals surface area contributed by atoms with Crippen molar-refractivity contribution in [3.05, 3.63) is 29.6 Å². The molecule has 0 aliphatic heterocycles. The van der Waals surface area contributed by atoms with Crippen LogP contribution in [0.4, 0.5) is 0 Å². The van der Waals surface area contributed by atoms with Gasteiger partial charge in [-0.15, -0.1) is 5.10 Å². The Labute approximate surface area is 134 Å². The van der Waals surface area contributed by atoms with E-state index in [0.717, 1.165) is 0 Å². The number of methoxy groups -OCH3 is 3. The molecular weight excluding hydrogens is 302 g/mol. The van der Waals surface area contributed by atoms with Crippen LogP contribution in [0, 0.1) is 0 Å². The third-order valence-electron chi connectivity index (χ3n) is 3.41. The topological polar surface area (TPSA) is 98.9 Å². The van der Waals surface area contributed by atoms with E-state index >= 15 is 0 Å². The average Bonchev–Trinajstić information content (AvgIpc) is 3.06. The first-order chi connectivity index (χ1) is 11.2. The van der Waals surface area contributed by atoms with Crippen molar-refractivity contribution >= 4 is 0 Å². The Morgan fingerprint density at radius 3 is 2.48 bits per heavy atom. The van der Waals surface area contributed by atoms with Crippen LogP contribution in [0.15, 0.2) is 18.3 Å². The van der Waals surface area contributed by atoms with Crippen molar-refractivity contribution in [3.8, 4) is 17.2 Å². The van der Waals surface area contributed by atoms with Gasteiger partial charge < -0.3 is 24.4 Å². The first-order valence-electron chi connectivity index (χ1n) is 7.14. The van der Waals surface area contributed by atoms with Gasteiger partial charge in [0.1, 0.15) is 11.8 Å². The van der Waals surface area contributed by atoms with Gasteiger partial charge in [0.15, 0.2) is 11.5 Å². The summed E-state index contributed by atoms with van der Waals surface area (Å²) in [6, 6.07) is 3.38. The standard InChI is InChI=1S/C15H21N3O5/c1-21-12-6-5-10(14(22-2)15(12)23-3)13(20)11-9-18(17-16-11)7-4-8-19/h5-6,9,13,19-20H,4,7-8H2,1-3H3. The Bertz CT molecular complexity index is 644. The molecule has 8 heteroatoms. The van der Waals surface area contributed by atoms with Crippen molar-refractivity contribution < 1.29 is 24.4 Å². The Kier molecular flexibility index (Phi) is 5.78. The molecule has 126 valence electrons. The van der Waals surface area contributed by atoms with Gasteiger partial charge in [-0.2, -0.15) is 0 Å². The molecule has 0 saturated carbocycles. The second-order valence-electron chi connectivity index (χ2n) is 4.81. The van der Waals surface area contributed by atoms with Crippen LogP contribution in [0.3, 0.4) is 0 Å². The molecule has 1 heterocycles. The van der Waals surface area contributed by atoms with Crippen molar-refractivity contribution in [3.63, 3.8) is 0 Å². The molecule has 23 heavy (non-hydrogen) atoms. The van der Waals surface area contributed by atoms with Crippen molar-refractivity contribution in [2.75, 3.05) is 27.9 Å². The predicted octanol–water partition coefficient (Wildman–Crippen LogP) is 0.768. The molecule has 1 aromatic carbocycles. The summed E-state index contributed by atoms with van der Waals surface area (Å²) in [6.07, 6.45) is 1.18. The molecule has 1 atom stereocenters. The minimum Gasteiger partial charge on any atom is -0.493 e. The summed E-state index contributed by atoms with van der Waals surface area (Å²) in [5, 5.41) is 27.3. The molecule has 0 fully saturated rings. The van der Waals surface area contributed by atoms with Gasteiger partial charge in [0.2, 0.25) is 5.75 Å². The van der Waals surface area contributed by atoms with Crippen molar-refractivity contribution in [2.24, 2.45) is 0 Å². The van der Waals surface area contributed by atoms with Gasteiger partial charge in [0.25, 0.3) is 0 Å². The zero-order valence-corrected chi connectivity index (χ0v) is 13.4. The van der Waals surface area contributed by atoms with Gasteiger partial charge >= 0.3 is 0 Å². The van der Waals surface area contributed by atoms with E-state index in [2.05, 4.69) is 10.3 Å². The van der Waals surface area contributed by atoms with Crippen molar-refractivity contribution in [1.82, 2.24) is 15.0 Å². The van der Waals surface area contributed by atoms with Crippen LogP contribution in [0.2, 0.25) is 0 Å². The lowest BCUT2D eigenvalue weighted by Crippen LogP contribution is -2.05. The second kappa shape index (κ2) is 7.80. The highest BCUT2D eigenvalue weighted by atomic mass is 16.5. The summed E-state index contributed by atoms with van der Waals surface area (Å²) < 4.78 is 17.5. The van der Waals surface area contributed by atoms with Crippen LogP contribution < -0.4 is 14.2 Å². The Hall–Kier alpha value is -2.32. The maximum absolute atomic E-state index is 10.6. The molecule has 0 saturated heterocycles. The van der Waals surface area contributed by atoms with Gasteiger partial charge in [-0.1, -0.05) is 5.21 Å². The van der Waals surface area contributed by atoms with Gasteiger partial charge in [-0.3, -0.25) is 4.68 Å². The van der Waals surface area contributed by atoms with E-state index in [1.54, 1.807) is 23.0 Å². The molecule has 1 unspecified atom stereocenters. The molecule has 2 aromatic rings. The lowest BCUT2D eigenvalue weighted by atomic mass is 10.0. The van der Waals surface area contributed by atoms with Gasteiger partial charge in [-0.25, -0.2) is 0 Å².